The molecule has 4 N–H and O–H groups in total. The number of aromatic nitrogens is 2. The molecule has 2 aromatic heterocycles. The molecule has 5 rings (SSSR count). The Morgan fingerprint density at radius 3 is 2.67 bits per heavy atom. The van der Waals surface area contributed by atoms with Crippen molar-refractivity contribution in [2.75, 3.05) is 17.6 Å². The van der Waals surface area contributed by atoms with Gasteiger partial charge < -0.3 is 20.9 Å². The maximum Gasteiger partial charge on any atom is 0.247 e. The molecule has 4 aromatic rings. The van der Waals surface area contributed by atoms with E-state index in [1.807, 2.05) is 66.7 Å². The second kappa shape index (κ2) is 8.78. The van der Waals surface area contributed by atoms with E-state index in [0.29, 0.717) is 30.8 Å². The summed E-state index contributed by atoms with van der Waals surface area (Å²) in [7, 11) is 0. The van der Waals surface area contributed by atoms with Crippen LogP contribution in [0.4, 0.5) is 11.4 Å². The Hall–Kier alpha value is -4.13. The molecule has 0 aliphatic carbocycles. The van der Waals surface area contributed by atoms with Gasteiger partial charge >= 0.3 is 0 Å². The van der Waals surface area contributed by atoms with Gasteiger partial charge in [0.1, 0.15) is 11.7 Å². The van der Waals surface area contributed by atoms with Crippen LogP contribution in [0.2, 0.25) is 0 Å². The molecule has 2 aromatic carbocycles. The maximum absolute atomic E-state index is 13.0. The first-order valence-electron chi connectivity index (χ1n) is 11.1. The molecule has 1 aliphatic rings. The van der Waals surface area contributed by atoms with E-state index < -0.39 is 6.04 Å². The number of nitrogens with zero attached hydrogens (tertiary/aromatic N) is 2. The highest BCUT2D eigenvalue weighted by molar-refractivity contribution is 5.98. The van der Waals surface area contributed by atoms with Crippen LogP contribution in [0.25, 0.3) is 22.3 Å². The lowest BCUT2D eigenvalue weighted by atomic mass is 10.1. The van der Waals surface area contributed by atoms with Crippen molar-refractivity contribution in [1.82, 2.24) is 14.9 Å². The zero-order chi connectivity index (χ0) is 22.8. The number of hydrogen-bond acceptors (Lipinski definition) is 4. The Morgan fingerprint density at radius 2 is 1.88 bits per heavy atom. The van der Waals surface area contributed by atoms with E-state index >= 15 is 0 Å². The largest absolute Gasteiger partial charge is 0.397 e. The number of H-pyrrole nitrogens is 1. The molecule has 0 spiro atoms. The number of rotatable bonds is 5. The number of anilines is 2. The molecule has 1 atom stereocenters. The number of aromatic amines is 1. The SMILES string of the molecule is Nc1cnc2[nH]c(-c3ccc(NC(=O)[C@@H]4CCCN4C(=O)Cc4ccccc4)cc3)cc2c1. The average molecular weight is 440 g/mol. The molecule has 33 heavy (non-hydrogen) atoms. The lowest BCUT2D eigenvalue weighted by molar-refractivity contribution is -0.136. The highest BCUT2D eigenvalue weighted by atomic mass is 16.2. The standard InChI is InChI=1S/C26H25N5O2/c27-20-14-19-15-22(30-25(19)28-16-20)18-8-10-21(11-9-18)29-26(33)23-7-4-12-31(23)24(32)13-17-5-2-1-3-6-17/h1-3,5-6,8-11,14-16,23H,4,7,12-13,27H2,(H,28,30)(H,29,33)/t23-/m0/s1. The average Bonchev–Trinajstić information content (AvgIpc) is 3.47. The summed E-state index contributed by atoms with van der Waals surface area (Å²) >= 11 is 0. The van der Waals surface area contributed by atoms with Crippen LogP contribution in [0, 0.1) is 0 Å². The first-order valence-corrected chi connectivity index (χ1v) is 11.1. The number of fused-ring (bicyclic) bond motifs is 1. The number of benzene rings is 2. The van der Waals surface area contributed by atoms with E-state index in [2.05, 4.69) is 15.3 Å². The smallest absolute Gasteiger partial charge is 0.247 e. The Bertz CT molecular complexity index is 1300. The maximum atomic E-state index is 13.0. The summed E-state index contributed by atoms with van der Waals surface area (Å²) in [4.78, 5) is 35.1. The highest BCUT2D eigenvalue weighted by Gasteiger charge is 2.33. The Labute approximate surface area is 191 Å². The van der Waals surface area contributed by atoms with Crippen molar-refractivity contribution in [3.05, 3.63) is 78.5 Å². The Kier molecular flexibility index (Phi) is 5.52. The highest BCUT2D eigenvalue weighted by Crippen LogP contribution is 2.26. The molecule has 1 aliphatic heterocycles. The molecule has 1 fully saturated rings. The number of amides is 2. The summed E-state index contributed by atoms with van der Waals surface area (Å²) in [6.45, 7) is 0.613. The molecule has 166 valence electrons. The van der Waals surface area contributed by atoms with E-state index in [1.165, 1.54) is 0 Å². The lowest BCUT2D eigenvalue weighted by Gasteiger charge is -2.24. The van der Waals surface area contributed by atoms with Gasteiger partial charge in [-0.2, -0.15) is 0 Å². The number of carbonyl (C=O) groups excluding carboxylic acids is 2. The predicted molar refractivity (Wildman–Crippen MR) is 129 cm³/mol. The summed E-state index contributed by atoms with van der Waals surface area (Å²) in [5, 5.41) is 3.92. The van der Waals surface area contributed by atoms with E-state index in [0.717, 1.165) is 34.3 Å². The van der Waals surface area contributed by atoms with Gasteiger partial charge in [0.25, 0.3) is 0 Å². The summed E-state index contributed by atoms with van der Waals surface area (Å²) in [5.74, 6) is -0.158. The first-order chi connectivity index (χ1) is 16.1. The number of nitrogen functional groups attached to an aromatic ring is 1. The summed E-state index contributed by atoms with van der Waals surface area (Å²) in [6, 6.07) is 20.7. The molecule has 7 heteroatoms. The van der Waals surface area contributed by atoms with Gasteiger partial charge in [0.05, 0.1) is 18.3 Å². The van der Waals surface area contributed by atoms with Crippen molar-refractivity contribution in [1.29, 1.82) is 0 Å². The van der Waals surface area contributed by atoms with Crippen LogP contribution >= 0.6 is 0 Å². The monoisotopic (exact) mass is 439 g/mol. The zero-order valence-corrected chi connectivity index (χ0v) is 18.1. The van der Waals surface area contributed by atoms with Gasteiger partial charge in [-0.25, -0.2) is 4.98 Å². The van der Waals surface area contributed by atoms with Gasteiger partial charge in [-0.15, -0.1) is 0 Å². The van der Waals surface area contributed by atoms with Crippen molar-refractivity contribution in [2.45, 2.75) is 25.3 Å². The van der Waals surface area contributed by atoms with Crippen molar-refractivity contribution in [2.24, 2.45) is 0 Å². The molecular formula is C26H25N5O2. The first kappa shape index (κ1) is 20.8. The Morgan fingerprint density at radius 1 is 1.09 bits per heavy atom. The number of hydrogen-bond donors (Lipinski definition) is 3. The van der Waals surface area contributed by atoms with Crippen molar-refractivity contribution < 1.29 is 9.59 Å². The fourth-order valence-corrected chi connectivity index (χ4v) is 4.36. The quantitative estimate of drug-likeness (QED) is 0.437. The molecule has 2 amide bonds. The minimum absolute atomic E-state index is 0.0118. The number of nitrogens with one attached hydrogen (secondary N) is 2. The molecule has 7 nitrogen and oxygen atoms in total. The third-order valence-corrected chi connectivity index (χ3v) is 6.03. The second-order valence-electron chi connectivity index (χ2n) is 8.36. The molecule has 3 heterocycles. The predicted octanol–water partition coefficient (Wildman–Crippen LogP) is 3.98. The fraction of sp³-hybridized carbons (Fsp3) is 0.192. The molecule has 0 bridgehead atoms. The number of carbonyl (C=O) groups is 2. The number of pyridine rings is 1. The van der Waals surface area contributed by atoms with Crippen molar-refractivity contribution in [3.8, 4) is 11.3 Å². The summed E-state index contributed by atoms with van der Waals surface area (Å²) in [6.07, 6.45) is 3.44. The van der Waals surface area contributed by atoms with Gasteiger partial charge in [0.15, 0.2) is 0 Å². The second-order valence-corrected chi connectivity index (χ2v) is 8.36. The van der Waals surface area contributed by atoms with E-state index in [9.17, 15) is 9.59 Å². The Balaban J connectivity index is 1.25. The van der Waals surface area contributed by atoms with Gasteiger partial charge in [0, 0.05) is 23.3 Å². The van der Waals surface area contributed by atoms with Crippen LogP contribution in [-0.4, -0.2) is 39.3 Å². The molecule has 1 saturated heterocycles. The summed E-state index contributed by atoms with van der Waals surface area (Å²) < 4.78 is 0. The van der Waals surface area contributed by atoms with Gasteiger partial charge in [-0.1, -0.05) is 42.5 Å². The third-order valence-electron chi connectivity index (χ3n) is 6.03. The topological polar surface area (TPSA) is 104 Å². The van der Waals surface area contributed by atoms with Gasteiger partial charge in [-0.3, -0.25) is 9.59 Å². The number of nitrogens with two attached hydrogens (primary N) is 1. The van der Waals surface area contributed by atoms with E-state index in [-0.39, 0.29) is 11.8 Å². The van der Waals surface area contributed by atoms with Gasteiger partial charge in [-0.05, 0) is 48.2 Å². The summed E-state index contributed by atoms with van der Waals surface area (Å²) in [5.41, 5.74) is 10.8. The minimum Gasteiger partial charge on any atom is -0.397 e. The van der Waals surface area contributed by atoms with Crippen LogP contribution in [0.15, 0.2) is 72.9 Å². The van der Waals surface area contributed by atoms with E-state index in [4.69, 9.17) is 5.73 Å². The van der Waals surface area contributed by atoms with E-state index in [1.54, 1.807) is 11.1 Å². The zero-order valence-electron chi connectivity index (χ0n) is 18.1. The minimum atomic E-state index is -0.439. The van der Waals surface area contributed by atoms with Crippen LogP contribution in [0.3, 0.4) is 0 Å². The van der Waals surface area contributed by atoms with Crippen LogP contribution in [0.5, 0.6) is 0 Å². The van der Waals surface area contributed by atoms with Crippen LogP contribution in [0.1, 0.15) is 18.4 Å². The van der Waals surface area contributed by atoms with Crippen molar-refractivity contribution in [3.63, 3.8) is 0 Å². The lowest BCUT2D eigenvalue weighted by Crippen LogP contribution is -2.43. The molecular weight excluding hydrogens is 414 g/mol. The van der Waals surface area contributed by atoms with Crippen molar-refractivity contribution >= 4 is 34.2 Å². The number of likely N-dealkylation sites (tertiary alicyclic amines) is 1. The normalized spacial score (nSPS) is 15.6. The van der Waals surface area contributed by atoms with Crippen LogP contribution < -0.4 is 11.1 Å². The van der Waals surface area contributed by atoms with Gasteiger partial charge in [0.2, 0.25) is 11.8 Å². The molecule has 0 radical (unpaired) electrons. The third kappa shape index (κ3) is 4.43. The molecule has 0 saturated carbocycles. The van der Waals surface area contributed by atoms with Crippen LogP contribution in [-0.2, 0) is 16.0 Å². The fourth-order valence-electron chi connectivity index (χ4n) is 4.36. The molecule has 0 unspecified atom stereocenters.